The Morgan fingerprint density at radius 1 is 1.04 bits per heavy atom. The fraction of sp³-hybridized carbons (Fsp3) is 0.353. The molecular weight excluding hydrogens is 606 g/mol. The highest BCUT2D eigenvalue weighted by molar-refractivity contribution is 7.92. The highest BCUT2D eigenvalue weighted by atomic mass is 32.2. The zero-order valence-corrected chi connectivity index (χ0v) is 27.1. The van der Waals surface area contributed by atoms with Crippen LogP contribution in [0.25, 0.3) is 11.4 Å². The number of pyridine rings is 1. The third kappa shape index (κ3) is 7.91. The number of sulfonamides is 1. The summed E-state index contributed by atoms with van der Waals surface area (Å²) in [5.41, 5.74) is 1.41. The number of ether oxygens (including phenoxy) is 4. The molecule has 1 aliphatic heterocycles. The molecule has 0 bridgehead atoms. The van der Waals surface area contributed by atoms with Crippen LogP contribution in [0.15, 0.2) is 71.8 Å². The summed E-state index contributed by atoms with van der Waals surface area (Å²) in [4.78, 5) is 13.3. The van der Waals surface area contributed by atoms with E-state index < -0.39 is 10.0 Å². The maximum absolute atomic E-state index is 13.8. The molecule has 0 spiro atoms. The molecule has 2 aromatic carbocycles. The molecule has 0 amide bonds. The van der Waals surface area contributed by atoms with Gasteiger partial charge in [-0.05, 0) is 66.6 Å². The number of hydrogen-bond acceptors (Lipinski definition) is 10. The maximum atomic E-state index is 13.8. The van der Waals surface area contributed by atoms with E-state index in [0.717, 1.165) is 24.8 Å². The molecule has 1 N–H and O–H groups in total. The molecule has 46 heavy (non-hydrogen) atoms. The molecular formula is C34H37N5O6S. The zero-order valence-electron chi connectivity index (χ0n) is 26.3. The molecule has 1 aliphatic rings. The van der Waals surface area contributed by atoms with E-state index >= 15 is 0 Å². The lowest BCUT2D eigenvalue weighted by Crippen LogP contribution is -2.21. The molecule has 240 valence electrons. The molecule has 2 aromatic heterocycles. The van der Waals surface area contributed by atoms with Gasteiger partial charge in [0, 0.05) is 24.8 Å². The van der Waals surface area contributed by atoms with Crippen LogP contribution in [0, 0.1) is 11.3 Å². The topological polar surface area (TPSA) is 146 Å². The Morgan fingerprint density at radius 3 is 2.48 bits per heavy atom. The summed E-state index contributed by atoms with van der Waals surface area (Å²) in [6.45, 7) is 7.09. The normalized spacial score (nSPS) is 15.1. The van der Waals surface area contributed by atoms with Gasteiger partial charge in [0.1, 0.15) is 11.8 Å². The van der Waals surface area contributed by atoms with Gasteiger partial charge in [0.25, 0.3) is 15.9 Å². The largest absolute Gasteiger partial charge is 0.493 e. The van der Waals surface area contributed by atoms with E-state index in [1.165, 1.54) is 19.4 Å². The summed E-state index contributed by atoms with van der Waals surface area (Å²) in [5, 5.41) is 9.45. The Hall–Kier alpha value is -4.73. The molecule has 1 saturated heterocycles. The summed E-state index contributed by atoms with van der Waals surface area (Å²) < 4.78 is 54.1. The lowest BCUT2D eigenvalue weighted by Gasteiger charge is -2.23. The van der Waals surface area contributed by atoms with Crippen molar-refractivity contribution in [1.82, 2.24) is 15.0 Å². The van der Waals surface area contributed by atoms with Gasteiger partial charge in [-0.2, -0.15) is 10.2 Å². The number of rotatable bonds is 11. The van der Waals surface area contributed by atoms with Gasteiger partial charge in [0.05, 0.1) is 24.7 Å². The smallest absolute Gasteiger partial charge is 0.263 e. The third-order valence-corrected chi connectivity index (χ3v) is 8.82. The van der Waals surface area contributed by atoms with E-state index in [0.29, 0.717) is 30.1 Å². The van der Waals surface area contributed by atoms with Crippen LogP contribution < -0.4 is 18.9 Å². The first kappa shape index (κ1) is 32.7. The van der Waals surface area contributed by atoms with Crippen LogP contribution >= 0.6 is 0 Å². The van der Waals surface area contributed by atoms with E-state index in [-0.39, 0.29) is 52.0 Å². The summed E-state index contributed by atoms with van der Waals surface area (Å²) in [6.07, 6.45) is 5.14. The number of anilines is 1. The van der Waals surface area contributed by atoms with Crippen LogP contribution in [0.5, 0.6) is 23.1 Å². The van der Waals surface area contributed by atoms with Crippen molar-refractivity contribution in [2.45, 2.75) is 62.9 Å². The average Bonchev–Trinajstić information content (AvgIpc) is 3.06. The van der Waals surface area contributed by atoms with Crippen LogP contribution in [0.1, 0.15) is 57.7 Å². The third-order valence-electron chi connectivity index (χ3n) is 7.46. The summed E-state index contributed by atoms with van der Waals surface area (Å²) in [5.74, 6) is 0.607. The first-order chi connectivity index (χ1) is 22.1. The highest BCUT2D eigenvalue weighted by Gasteiger charge is 2.26. The second kappa shape index (κ2) is 14.1. The first-order valence-electron chi connectivity index (χ1n) is 15.0. The Kier molecular flexibility index (Phi) is 10.0. The molecule has 0 radical (unpaired) electrons. The van der Waals surface area contributed by atoms with Crippen molar-refractivity contribution in [3.63, 3.8) is 0 Å². The summed E-state index contributed by atoms with van der Waals surface area (Å²) >= 11 is 0. The number of aromatic nitrogens is 3. The molecule has 12 heteroatoms. The van der Waals surface area contributed by atoms with E-state index in [4.69, 9.17) is 18.9 Å². The molecule has 1 unspecified atom stereocenters. The molecule has 1 atom stereocenters. The number of nitriles is 1. The first-order valence-corrected chi connectivity index (χ1v) is 16.5. The molecule has 4 aromatic rings. The van der Waals surface area contributed by atoms with Crippen molar-refractivity contribution in [3.8, 4) is 40.6 Å². The predicted molar refractivity (Wildman–Crippen MR) is 173 cm³/mol. The van der Waals surface area contributed by atoms with Gasteiger partial charge in [0.2, 0.25) is 5.75 Å². The van der Waals surface area contributed by atoms with Crippen LogP contribution in [0.3, 0.4) is 0 Å². The van der Waals surface area contributed by atoms with Gasteiger partial charge in [-0.15, -0.1) is 0 Å². The fourth-order valence-electron chi connectivity index (χ4n) is 4.90. The highest BCUT2D eigenvalue weighted by Crippen LogP contribution is 2.42. The fourth-order valence-corrected chi connectivity index (χ4v) is 5.91. The van der Waals surface area contributed by atoms with Crippen molar-refractivity contribution in [2.24, 2.45) is 0 Å². The predicted octanol–water partition coefficient (Wildman–Crippen LogP) is 6.65. The van der Waals surface area contributed by atoms with Gasteiger partial charge in [0.15, 0.2) is 23.1 Å². The van der Waals surface area contributed by atoms with E-state index in [1.54, 1.807) is 54.6 Å². The Bertz CT molecular complexity index is 1810. The Labute approximate surface area is 269 Å². The van der Waals surface area contributed by atoms with Gasteiger partial charge in [-0.25, -0.2) is 18.4 Å². The minimum absolute atomic E-state index is 0.00261. The number of benzene rings is 2. The minimum atomic E-state index is -4.16. The van der Waals surface area contributed by atoms with Crippen molar-refractivity contribution in [2.75, 3.05) is 25.0 Å². The second-order valence-corrected chi connectivity index (χ2v) is 13.5. The molecule has 5 rings (SSSR count). The van der Waals surface area contributed by atoms with Crippen molar-refractivity contribution in [3.05, 3.63) is 78.1 Å². The molecule has 0 saturated carbocycles. The molecule has 1 fully saturated rings. The lowest BCUT2D eigenvalue weighted by atomic mass is 9.87. The van der Waals surface area contributed by atoms with Crippen molar-refractivity contribution < 1.29 is 27.4 Å². The van der Waals surface area contributed by atoms with Gasteiger partial charge in [-0.1, -0.05) is 45.0 Å². The second-order valence-electron chi connectivity index (χ2n) is 11.8. The van der Waals surface area contributed by atoms with E-state index in [1.807, 2.05) is 6.07 Å². The van der Waals surface area contributed by atoms with Crippen LogP contribution in [0.4, 0.5) is 5.82 Å². The molecule has 0 aliphatic carbocycles. The average molecular weight is 644 g/mol. The lowest BCUT2D eigenvalue weighted by molar-refractivity contribution is 0.00364. The van der Waals surface area contributed by atoms with Gasteiger partial charge in [-0.3, -0.25) is 4.72 Å². The number of nitrogens with zero attached hydrogens (tertiary/aromatic N) is 4. The molecule has 11 nitrogen and oxygen atoms in total. The van der Waals surface area contributed by atoms with Gasteiger partial charge >= 0.3 is 0 Å². The number of hydrogen-bond donors (Lipinski definition) is 1. The van der Waals surface area contributed by atoms with Crippen molar-refractivity contribution in [1.29, 1.82) is 5.26 Å². The monoisotopic (exact) mass is 643 g/mol. The minimum Gasteiger partial charge on any atom is -0.493 e. The standard InChI is InChI=1S/C34H37N5O6S/c1-34(2,3)24-12-14-27(15-13-24)46(40,41)39-32-30(45-29-11-6-5-10-28(29)42-4)33(44-20-17-26-9-7-8-19-43-26)38-31(37-32)23-16-18-36-25(21-23)22-35/h5-6,10-16,18,21,26H,7-9,17,19-20H2,1-4H3,(H,37,38,39). The number of para-hydroxylation sites is 2. The SMILES string of the molecule is COc1ccccc1Oc1c(NS(=O)(=O)c2ccc(C(C)(C)C)cc2)nc(-c2ccnc(C#N)c2)nc1OCCC1CCCCO1. The Morgan fingerprint density at radius 2 is 1.80 bits per heavy atom. The maximum Gasteiger partial charge on any atom is 0.263 e. The van der Waals surface area contributed by atoms with Gasteiger partial charge < -0.3 is 18.9 Å². The van der Waals surface area contributed by atoms with E-state index in [2.05, 4.69) is 40.4 Å². The zero-order chi connectivity index (χ0) is 32.7. The van der Waals surface area contributed by atoms with Crippen LogP contribution in [0.2, 0.25) is 0 Å². The molecule has 3 heterocycles. The summed E-state index contributed by atoms with van der Waals surface area (Å²) in [6, 6.07) is 18.8. The number of nitrogens with one attached hydrogen (secondary N) is 1. The Balaban J connectivity index is 1.61. The number of methoxy groups -OCH3 is 1. The van der Waals surface area contributed by atoms with Crippen LogP contribution in [-0.4, -0.2) is 49.8 Å². The van der Waals surface area contributed by atoms with E-state index in [9.17, 15) is 13.7 Å². The van der Waals surface area contributed by atoms with Crippen molar-refractivity contribution >= 4 is 15.8 Å². The summed E-state index contributed by atoms with van der Waals surface area (Å²) in [7, 11) is -2.66. The quantitative estimate of drug-likeness (QED) is 0.189. The van der Waals surface area contributed by atoms with Crippen LogP contribution in [-0.2, 0) is 20.2 Å².